The average molecular weight is 295 g/mol. The molecule has 6 heteroatoms. The van der Waals surface area contributed by atoms with Crippen molar-refractivity contribution in [2.24, 2.45) is 10.4 Å². The first kappa shape index (κ1) is 15.9. The van der Waals surface area contributed by atoms with Crippen LogP contribution in [-0.4, -0.2) is 43.9 Å². The predicted octanol–water partition coefficient (Wildman–Crippen LogP) is 1.08. The Morgan fingerprint density at radius 1 is 1.48 bits per heavy atom. The van der Waals surface area contributed by atoms with Gasteiger partial charge in [0.15, 0.2) is 5.96 Å². The third kappa shape index (κ3) is 4.22. The van der Waals surface area contributed by atoms with Crippen LogP contribution >= 0.6 is 0 Å². The summed E-state index contributed by atoms with van der Waals surface area (Å²) in [6.07, 6.45) is 1.55. The first-order valence-corrected chi connectivity index (χ1v) is 7.31. The van der Waals surface area contributed by atoms with Gasteiger partial charge in [-0.2, -0.15) is 0 Å². The van der Waals surface area contributed by atoms with E-state index < -0.39 is 5.60 Å². The largest absolute Gasteiger partial charge is 0.466 e. The maximum atomic E-state index is 10.4. The highest BCUT2D eigenvalue weighted by Crippen LogP contribution is 2.25. The summed E-state index contributed by atoms with van der Waals surface area (Å²) >= 11 is 0. The minimum absolute atomic E-state index is 0.166. The van der Waals surface area contributed by atoms with Crippen LogP contribution in [0.1, 0.15) is 26.5 Å². The van der Waals surface area contributed by atoms with E-state index >= 15 is 0 Å². The molecule has 0 amide bonds. The second-order valence-electron chi connectivity index (χ2n) is 6.10. The molecule has 21 heavy (non-hydrogen) atoms. The molecule has 1 aliphatic heterocycles. The molecule has 118 valence electrons. The number of nitrogens with one attached hydrogen (secondary N) is 2. The van der Waals surface area contributed by atoms with Crippen molar-refractivity contribution in [3.05, 3.63) is 24.2 Å². The van der Waals surface area contributed by atoms with Gasteiger partial charge in [0.1, 0.15) is 11.4 Å². The third-order valence-corrected chi connectivity index (χ3v) is 3.52. The lowest BCUT2D eigenvalue weighted by Gasteiger charge is -2.38. The van der Waals surface area contributed by atoms with Crippen molar-refractivity contribution in [2.75, 3.05) is 32.8 Å². The van der Waals surface area contributed by atoms with Gasteiger partial charge in [-0.05, 0) is 26.0 Å². The fourth-order valence-corrected chi connectivity index (χ4v) is 2.09. The molecule has 1 fully saturated rings. The Balaban J connectivity index is 1.93. The van der Waals surface area contributed by atoms with Gasteiger partial charge in [-0.1, -0.05) is 6.92 Å². The van der Waals surface area contributed by atoms with E-state index in [1.807, 2.05) is 6.92 Å². The van der Waals surface area contributed by atoms with Gasteiger partial charge in [0.2, 0.25) is 0 Å². The molecule has 1 aromatic heterocycles. The smallest absolute Gasteiger partial charge is 0.191 e. The minimum Gasteiger partial charge on any atom is -0.466 e. The summed E-state index contributed by atoms with van der Waals surface area (Å²) in [4.78, 5) is 4.45. The molecule has 0 aliphatic carbocycles. The summed E-state index contributed by atoms with van der Waals surface area (Å²) in [5.74, 6) is 1.21. The van der Waals surface area contributed by atoms with Gasteiger partial charge >= 0.3 is 0 Å². The van der Waals surface area contributed by atoms with Crippen LogP contribution in [0.3, 0.4) is 0 Å². The third-order valence-electron chi connectivity index (χ3n) is 3.52. The maximum absolute atomic E-state index is 10.4. The van der Waals surface area contributed by atoms with Crippen LogP contribution in [-0.2, 0) is 10.3 Å². The summed E-state index contributed by atoms with van der Waals surface area (Å²) in [6, 6.07) is 3.51. The van der Waals surface area contributed by atoms with E-state index in [4.69, 9.17) is 9.15 Å². The maximum Gasteiger partial charge on any atom is 0.191 e. The summed E-state index contributed by atoms with van der Waals surface area (Å²) in [7, 11) is 0. The van der Waals surface area contributed by atoms with Gasteiger partial charge in [0, 0.05) is 18.5 Å². The second kappa shape index (κ2) is 6.49. The van der Waals surface area contributed by atoms with Gasteiger partial charge < -0.3 is 24.9 Å². The lowest BCUT2D eigenvalue weighted by molar-refractivity contribution is -0.0971. The van der Waals surface area contributed by atoms with Gasteiger partial charge in [0.05, 0.1) is 26.0 Å². The first-order valence-electron chi connectivity index (χ1n) is 7.31. The van der Waals surface area contributed by atoms with Crippen molar-refractivity contribution >= 4 is 5.96 Å². The molecule has 1 aromatic rings. The van der Waals surface area contributed by atoms with Crippen LogP contribution in [0.25, 0.3) is 0 Å². The highest BCUT2D eigenvalue weighted by atomic mass is 16.5. The number of ether oxygens (including phenoxy) is 1. The lowest BCUT2D eigenvalue weighted by atomic mass is 9.89. The van der Waals surface area contributed by atoms with Crippen molar-refractivity contribution in [1.82, 2.24) is 10.6 Å². The zero-order valence-electron chi connectivity index (χ0n) is 13.0. The number of furan rings is 1. The molecule has 6 nitrogen and oxygen atoms in total. The Morgan fingerprint density at radius 3 is 2.76 bits per heavy atom. The van der Waals surface area contributed by atoms with Crippen molar-refractivity contribution in [3.8, 4) is 0 Å². The molecule has 0 aromatic carbocycles. The van der Waals surface area contributed by atoms with E-state index in [0.717, 1.165) is 26.3 Å². The molecule has 1 saturated heterocycles. The van der Waals surface area contributed by atoms with E-state index in [2.05, 4.69) is 22.5 Å². The average Bonchev–Trinajstić information content (AvgIpc) is 2.94. The van der Waals surface area contributed by atoms with Crippen molar-refractivity contribution in [1.29, 1.82) is 0 Å². The van der Waals surface area contributed by atoms with Crippen LogP contribution < -0.4 is 10.6 Å². The highest BCUT2D eigenvalue weighted by Gasteiger charge is 2.33. The molecule has 0 bridgehead atoms. The number of hydrogen-bond acceptors (Lipinski definition) is 4. The lowest BCUT2D eigenvalue weighted by Crippen LogP contribution is -2.51. The second-order valence-corrected chi connectivity index (χ2v) is 6.10. The minimum atomic E-state index is -1.12. The van der Waals surface area contributed by atoms with Crippen LogP contribution in [0.5, 0.6) is 0 Å². The molecule has 0 spiro atoms. The standard InChI is InChI=1S/C15H25N3O3/c1-4-16-13(17-8-14(2)10-20-11-14)18-9-15(3,19)12-6-5-7-21-12/h5-7,19H,4,8-11H2,1-3H3,(H2,16,17,18). The van der Waals surface area contributed by atoms with Gasteiger partial charge in [-0.15, -0.1) is 0 Å². The summed E-state index contributed by atoms with van der Waals surface area (Å²) in [5.41, 5.74) is -0.949. The molecule has 2 rings (SSSR count). The number of hydrogen-bond donors (Lipinski definition) is 3. The van der Waals surface area contributed by atoms with E-state index in [-0.39, 0.29) is 12.0 Å². The topological polar surface area (TPSA) is 79.0 Å². The van der Waals surface area contributed by atoms with E-state index in [1.54, 1.807) is 25.3 Å². The van der Waals surface area contributed by atoms with Crippen LogP contribution in [0, 0.1) is 5.41 Å². The molecule has 1 unspecified atom stereocenters. The first-order chi connectivity index (χ1) is 9.95. The number of aliphatic imine (C=N–C) groups is 1. The Morgan fingerprint density at radius 2 is 2.24 bits per heavy atom. The van der Waals surface area contributed by atoms with Gasteiger partial charge in [-0.3, -0.25) is 0 Å². The molecule has 2 heterocycles. The molecule has 1 atom stereocenters. The number of aliphatic hydroxyl groups is 1. The Bertz CT molecular complexity index is 465. The zero-order valence-corrected chi connectivity index (χ0v) is 13.0. The summed E-state index contributed by atoms with van der Waals surface area (Å²) in [5, 5.41) is 16.9. The summed E-state index contributed by atoms with van der Waals surface area (Å²) in [6.45, 7) is 9.20. The monoisotopic (exact) mass is 295 g/mol. The molecule has 0 radical (unpaired) electrons. The Hall–Kier alpha value is -1.53. The number of rotatable bonds is 6. The Labute approximate surface area is 125 Å². The SMILES string of the molecule is CCNC(=NCC(C)(O)c1ccco1)NCC1(C)COC1. The highest BCUT2D eigenvalue weighted by molar-refractivity contribution is 5.79. The van der Waals surface area contributed by atoms with E-state index in [0.29, 0.717) is 11.7 Å². The van der Waals surface area contributed by atoms with Crippen LogP contribution in [0.15, 0.2) is 27.8 Å². The number of guanidine groups is 1. The van der Waals surface area contributed by atoms with Gasteiger partial charge in [0.25, 0.3) is 0 Å². The molecule has 3 N–H and O–H groups in total. The van der Waals surface area contributed by atoms with Crippen LogP contribution in [0.2, 0.25) is 0 Å². The van der Waals surface area contributed by atoms with E-state index in [1.165, 1.54) is 0 Å². The zero-order chi connectivity index (χ0) is 15.3. The predicted molar refractivity (Wildman–Crippen MR) is 81.2 cm³/mol. The molecule has 0 saturated carbocycles. The molecule has 1 aliphatic rings. The number of nitrogens with zero attached hydrogens (tertiary/aromatic N) is 1. The van der Waals surface area contributed by atoms with E-state index in [9.17, 15) is 5.11 Å². The van der Waals surface area contributed by atoms with Crippen LogP contribution in [0.4, 0.5) is 0 Å². The fourth-order valence-electron chi connectivity index (χ4n) is 2.09. The van der Waals surface area contributed by atoms with Crippen molar-refractivity contribution < 1.29 is 14.3 Å². The van der Waals surface area contributed by atoms with Crippen molar-refractivity contribution in [3.63, 3.8) is 0 Å². The molecular weight excluding hydrogens is 270 g/mol. The van der Waals surface area contributed by atoms with Crippen molar-refractivity contribution in [2.45, 2.75) is 26.4 Å². The molecular formula is C15H25N3O3. The quantitative estimate of drug-likeness (QED) is 0.540. The summed E-state index contributed by atoms with van der Waals surface area (Å²) < 4.78 is 10.5. The Kier molecular flexibility index (Phi) is 4.90. The van der Waals surface area contributed by atoms with Gasteiger partial charge in [-0.25, -0.2) is 4.99 Å². The normalized spacial score (nSPS) is 20.5. The fraction of sp³-hybridized carbons (Fsp3) is 0.667.